The molecule has 0 saturated carbocycles. The first-order chi connectivity index (χ1) is 13.8. The Kier molecular flexibility index (Phi) is 4.68. The molecule has 0 bridgehead atoms. The van der Waals surface area contributed by atoms with E-state index in [1.165, 1.54) is 12.1 Å². The average Bonchev–Trinajstić information content (AvgIpc) is 3.32. The summed E-state index contributed by atoms with van der Waals surface area (Å²) in [6.07, 6.45) is 3.24. The lowest BCUT2D eigenvalue weighted by atomic mass is 10.1. The molecule has 4 rings (SSSR count). The number of carboxylic acids is 1. The molecular weight excluding hydrogens is 394 g/mol. The second kappa shape index (κ2) is 7.06. The summed E-state index contributed by atoms with van der Waals surface area (Å²) in [5, 5.41) is 10.9. The summed E-state index contributed by atoms with van der Waals surface area (Å²) in [6, 6.07) is 10.8. The van der Waals surface area contributed by atoms with Crippen molar-refractivity contribution in [1.29, 1.82) is 0 Å². The molecule has 0 aliphatic heterocycles. The second-order valence-electron chi connectivity index (χ2n) is 7.16. The van der Waals surface area contributed by atoms with Gasteiger partial charge in [-0.05, 0) is 41.8 Å². The van der Waals surface area contributed by atoms with Crippen molar-refractivity contribution in [3.63, 3.8) is 0 Å². The van der Waals surface area contributed by atoms with E-state index in [4.69, 9.17) is 8.83 Å². The van der Waals surface area contributed by atoms with Crippen molar-refractivity contribution in [1.82, 2.24) is 4.72 Å². The summed E-state index contributed by atoms with van der Waals surface area (Å²) in [5.41, 5.74) is 2.91. The smallest absolute Gasteiger partial charge is 0.322 e. The van der Waals surface area contributed by atoms with Crippen LogP contribution in [0.5, 0.6) is 0 Å². The Hall–Kier alpha value is -3.10. The number of nitrogens with one attached hydrogen (secondary N) is 1. The van der Waals surface area contributed by atoms with E-state index in [2.05, 4.69) is 4.72 Å². The number of furan rings is 2. The van der Waals surface area contributed by atoms with Crippen LogP contribution in [0.3, 0.4) is 0 Å². The summed E-state index contributed by atoms with van der Waals surface area (Å²) in [6.45, 7) is 3.28. The van der Waals surface area contributed by atoms with Crippen LogP contribution in [0.25, 0.3) is 33.1 Å². The molecule has 2 aromatic heterocycles. The van der Waals surface area contributed by atoms with Crippen LogP contribution < -0.4 is 4.72 Å². The van der Waals surface area contributed by atoms with E-state index >= 15 is 0 Å². The van der Waals surface area contributed by atoms with Crippen LogP contribution in [0.1, 0.15) is 13.8 Å². The third kappa shape index (κ3) is 3.52. The van der Waals surface area contributed by atoms with E-state index in [1.807, 2.05) is 24.3 Å². The lowest BCUT2D eigenvalue weighted by molar-refractivity contribution is -0.140. The highest BCUT2D eigenvalue weighted by Crippen LogP contribution is 2.33. The van der Waals surface area contributed by atoms with Gasteiger partial charge in [-0.15, -0.1) is 0 Å². The largest absolute Gasteiger partial charge is 0.480 e. The molecule has 29 heavy (non-hydrogen) atoms. The minimum Gasteiger partial charge on any atom is -0.480 e. The third-order valence-corrected chi connectivity index (χ3v) is 6.26. The Morgan fingerprint density at radius 3 is 2.45 bits per heavy atom. The zero-order valence-electron chi connectivity index (χ0n) is 15.7. The minimum atomic E-state index is -4.03. The van der Waals surface area contributed by atoms with Gasteiger partial charge in [-0.2, -0.15) is 4.72 Å². The predicted octanol–water partition coefficient (Wildman–Crippen LogP) is 4.23. The summed E-state index contributed by atoms with van der Waals surface area (Å²) < 4.78 is 38.6. The highest BCUT2D eigenvalue weighted by atomic mass is 32.2. The van der Waals surface area contributed by atoms with Crippen LogP contribution in [0.15, 0.2) is 68.7 Å². The molecule has 4 aromatic rings. The van der Waals surface area contributed by atoms with Crippen molar-refractivity contribution in [2.75, 3.05) is 0 Å². The number of carboxylic acid groups (broad SMARTS) is 1. The number of fused-ring (bicyclic) bond motifs is 3. The Morgan fingerprint density at radius 1 is 1.00 bits per heavy atom. The first-order valence-electron chi connectivity index (χ1n) is 9.00. The van der Waals surface area contributed by atoms with Crippen LogP contribution in [0.4, 0.5) is 0 Å². The molecule has 0 amide bonds. The molecule has 0 radical (unpaired) electrons. The Bertz CT molecular complexity index is 1300. The minimum absolute atomic E-state index is 0.0500. The van der Waals surface area contributed by atoms with Crippen molar-refractivity contribution in [2.45, 2.75) is 24.8 Å². The van der Waals surface area contributed by atoms with Gasteiger partial charge in [0, 0.05) is 22.4 Å². The SMILES string of the molecule is CC(C)[C@H](NS(=O)(=O)c1ccc2c(c1)oc1ccc(-c3ccoc3)cc12)C(=O)O. The first kappa shape index (κ1) is 19.2. The van der Waals surface area contributed by atoms with Crippen molar-refractivity contribution < 1.29 is 27.2 Å². The Labute approximate surface area is 167 Å². The number of rotatable bonds is 6. The van der Waals surface area contributed by atoms with E-state index in [9.17, 15) is 18.3 Å². The molecular formula is C21H19NO6S. The fraction of sp³-hybridized carbons (Fsp3) is 0.190. The average molecular weight is 413 g/mol. The van der Waals surface area contributed by atoms with Crippen molar-refractivity contribution in [2.24, 2.45) is 5.92 Å². The lowest BCUT2D eigenvalue weighted by Gasteiger charge is -2.17. The summed E-state index contributed by atoms with van der Waals surface area (Å²) in [7, 11) is -4.03. The number of sulfonamides is 1. The quantitative estimate of drug-likeness (QED) is 0.489. The number of benzene rings is 2. The van der Waals surface area contributed by atoms with Gasteiger partial charge in [-0.3, -0.25) is 4.79 Å². The molecule has 8 heteroatoms. The van der Waals surface area contributed by atoms with E-state index in [0.717, 1.165) is 21.9 Å². The second-order valence-corrected chi connectivity index (χ2v) is 8.88. The van der Waals surface area contributed by atoms with Gasteiger partial charge in [-0.1, -0.05) is 19.9 Å². The van der Waals surface area contributed by atoms with Gasteiger partial charge in [-0.25, -0.2) is 8.42 Å². The fourth-order valence-corrected chi connectivity index (χ4v) is 4.59. The third-order valence-electron chi connectivity index (χ3n) is 4.82. The topological polar surface area (TPSA) is 110 Å². The van der Waals surface area contributed by atoms with E-state index in [1.54, 1.807) is 32.4 Å². The zero-order valence-corrected chi connectivity index (χ0v) is 16.6. The fourth-order valence-electron chi connectivity index (χ4n) is 3.24. The van der Waals surface area contributed by atoms with Gasteiger partial charge in [0.2, 0.25) is 10.0 Å². The summed E-state index contributed by atoms with van der Waals surface area (Å²) >= 11 is 0. The molecule has 2 heterocycles. The first-order valence-corrected chi connectivity index (χ1v) is 10.5. The van der Waals surface area contributed by atoms with Crippen molar-refractivity contribution in [3.8, 4) is 11.1 Å². The van der Waals surface area contributed by atoms with Gasteiger partial charge < -0.3 is 13.9 Å². The highest BCUT2D eigenvalue weighted by Gasteiger charge is 2.28. The van der Waals surface area contributed by atoms with E-state index < -0.39 is 28.0 Å². The molecule has 1 atom stereocenters. The van der Waals surface area contributed by atoms with E-state index in [-0.39, 0.29) is 4.90 Å². The molecule has 2 N–H and O–H groups in total. The van der Waals surface area contributed by atoms with Crippen LogP contribution in [-0.2, 0) is 14.8 Å². The zero-order chi connectivity index (χ0) is 20.8. The standard InChI is InChI=1S/C21H19NO6S/c1-12(2)20(21(23)24)22-29(25,26)15-4-5-16-17-9-13(14-7-8-27-11-14)3-6-18(17)28-19(16)10-15/h3-12,20,22H,1-2H3,(H,23,24)/t20-/m0/s1. The predicted molar refractivity (Wildman–Crippen MR) is 108 cm³/mol. The number of hydrogen-bond donors (Lipinski definition) is 2. The van der Waals surface area contributed by atoms with Gasteiger partial charge in [0.1, 0.15) is 17.2 Å². The van der Waals surface area contributed by atoms with Crippen LogP contribution in [0.2, 0.25) is 0 Å². The summed E-state index contributed by atoms with van der Waals surface area (Å²) in [4.78, 5) is 11.3. The molecule has 2 aromatic carbocycles. The van der Waals surface area contributed by atoms with Crippen LogP contribution in [-0.4, -0.2) is 25.5 Å². The Morgan fingerprint density at radius 2 is 1.79 bits per heavy atom. The maximum atomic E-state index is 12.7. The molecule has 0 aliphatic rings. The molecule has 0 spiro atoms. The van der Waals surface area contributed by atoms with E-state index in [0.29, 0.717) is 11.2 Å². The number of aliphatic carboxylic acids is 1. The van der Waals surface area contributed by atoms with Crippen molar-refractivity contribution >= 4 is 37.9 Å². The van der Waals surface area contributed by atoms with Gasteiger partial charge in [0.05, 0.1) is 17.4 Å². The van der Waals surface area contributed by atoms with Gasteiger partial charge >= 0.3 is 5.97 Å². The lowest BCUT2D eigenvalue weighted by Crippen LogP contribution is -2.44. The maximum Gasteiger partial charge on any atom is 0.322 e. The number of carbonyl (C=O) groups is 1. The molecule has 0 saturated heterocycles. The maximum absolute atomic E-state index is 12.7. The normalized spacial score (nSPS) is 13.3. The summed E-state index contributed by atoms with van der Waals surface area (Å²) in [5.74, 6) is -1.63. The molecule has 150 valence electrons. The highest BCUT2D eigenvalue weighted by molar-refractivity contribution is 7.89. The number of hydrogen-bond acceptors (Lipinski definition) is 5. The van der Waals surface area contributed by atoms with Crippen molar-refractivity contribution in [3.05, 3.63) is 55.0 Å². The van der Waals surface area contributed by atoms with Crippen LogP contribution >= 0.6 is 0 Å². The van der Waals surface area contributed by atoms with Gasteiger partial charge in [0.25, 0.3) is 0 Å². The monoisotopic (exact) mass is 413 g/mol. The van der Waals surface area contributed by atoms with Gasteiger partial charge in [0.15, 0.2) is 0 Å². The molecule has 0 unspecified atom stereocenters. The Balaban J connectivity index is 1.76. The molecule has 7 nitrogen and oxygen atoms in total. The van der Waals surface area contributed by atoms with Crippen LogP contribution in [0, 0.1) is 5.92 Å². The molecule has 0 aliphatic carbocycles. The molecule has 0 fully saturated rings.